The van der Waals surface area contributed by atoms with E-state index in [1.54, 1.807) is 5.17 Å². The van der Waals surface area contributed by atoms with E-state index in [2.05, 4.69) is 97.1 Å². The first-order valence-electron chi connectivity index (χ1n) is 8.77. The van der Waals surface area contributed by atoms with Crippen molar-refractivity contribution in [2.75, 3.05) is 0 Å². The van der Waals surface area contributed by atoms with Crippen LogP contribution in [-0.4, -0.2) is 8.40 Å². The Morgan fingerprint density at radius 2 is 1.24 bits per heavy atom. The molecule has 25 heavy (non-hydrogen) atoms. The van der Waals surface area contributed by atoms with Gasteiger partial charge in [0.25, 0.3) is 0 Å². The topological polar surface area (TPSA) is 0 Å². The summed E-state index contributed by atoms with van der Waals surface area (Å²) in [5, 5.41) is 4.62. The molecule has 1 aliphatic rings. The maximum Gasteiger partial charge on any atom is 0.0851 e. The summed E-state index contributed by atoms with van der Waals surface area (Å²) in [7, 11) is -0.949. The lowest BCUT2D eigenvalue weighted by Gasteiger charge is -2.15. The summed E-state index contributed by atoms with van der Waals surface area (Å²) < 4.78 is 0. The zero-order valence-corrected chi connectivity index (χ0v) is 14.9. The molecule has 1 heterocycles. The quantitative estimate of drug-likeness (QED) is 0.350. The molecule has 0 aliphatic heterocycles. The van der Waals surface area contributed by atoms with Crippen molar-refractivity contribution in [3.05, 3.63) is 108 Å². The van der Waals surface area contributed by atoms with Crippen LogP contribution in [0.5, 0.6) is 0 Å². The lowest BCUT2D eigenvalue weighted by molar-refractivity contribution is 1.30. The van der Waals surface area contributed by atoms with Crippen molar-refractivity contribution in [3.63, 3.8) is 0 Å². The Morgan fingerprint density at radius 1 is 0.560 bits per heavy atom. The Bertz CT molecular complexity index is 1050. The van der Waals surface area contributed by atoms with E-state index in [1.807, 2.05) is 0 Å². The van der Waals surface area contributed by atoms with E-state index in [4.69, 9.17) is 0 Å². The highest BCUT2D eigenvalue weighted by molar-refractivity contribution is 6.73. The zero-order valence-electron chi connectivity index (χ0n) is 13.9. The molecule has 0 unspecified atom stereocenters. The standard InChI is InChI=1S/C24H18Si/c1-3-9-18(10-4-1)23-16-15-22-21-14-8-7-11-19(21)17-24(22)25(23)20-12-5-2-6-13-20/h1-16H,17H2. The molecule has 5 rings (SSSR count). The van der Waals surface area contributed by atoms with Crippen LogP contribution in [0, 0.1) is 0 Å². The number of hydrogen-bond acceptors (Lipinski definition) is 0. The normalized spacial score (nSPS) is 11.8. The molecule has 1 heteroatoms. The highest BCUT2D eigenvalue weighted by Crippen LogP contribution is 2.39. The van der Waals surface area contributed by atoms with Gasteiger partial charge in [-0.25, -0.2) is 0 Å². The first-order valence-corrected chi connectivity index (χ1v) is 10.3. The monoisotopic (exact) mass is 334 g/mol. The average Bonchev–Trinajstić information content (AvgIpc) is 3.07. The SMILES string of the molecule is c1ccc(-c2ccc3c([si]2-c2ccccc2)Cc2ccccc2-3)cc1. The van der Waals surface area contributed by atoms with Crippen LogP contribution in [0.2, 0.25) is 0 Å². The van der Waals surface area contributed by atoms with E-state index >= 15 is 0 Å². The molecule has 118 valence electrons. The minimum absolute atomic E-state index is 0.949. The molecule has 0 nitrogen and oxygen atoms in total. The van der Waals surface area contributed by atoms with Crippen LogP contribution in [0.1, 0.15) is 10.7 Å². The van der Waals surface area contributed by atoms with Gasteiger partial charge in [-0.1, -0.05) is 97.1 Å². The molecule has 0 N–H and O–H groups in total. The van der Waals surface area contributed by atoms with Gasteiger partial charge in [0.2, 0.25) is 0 Å². The van der Waals surface area contributed by atoms with Crippen LogP contribution in [0.15, 0.2) is 97.1 Å². The molecule has 0 bridgehead atoms. The molecule has 0 spiro atoms. The maximum atomic E-state index is 2.37. The molecule has 0 saturated carbocycles. The van der Waals surface area contributed by atoms with E-state index in [9.17, 15) is 0 Å². The number of benzene rings is 3. The van der Waals surface area contributed by atoms with Gasteiger partial charge in [-0.2, -0.15) is 0 Å². The van der Waals surface area contributed by atoms with E-state index < -0.39 is 8.40 Å². The first kappa shape index (κ1) is 14.6. The van der Waals surface area contributed by atoms with Crippen molar-refractivity contribution >= 4 is 8.40 Å². The smallest absolute Gasteiger partial charge is 0.0623 e. The molecule has 0 saturated heterocycles. The Morgan fingerprint density at radius 3 is 2.04 bits per heavy atom. The Kier molecular flexibility index (Phi) is 3.46. The van der Waals surface area contributed by atoms with Gasteiger partial charge >= 0.3 is 0 Å². The second-order valence-electron chi connectivity index (χ2n) is 6.58. The van der Waals surface area contributed by atoms with Crippen LogP contribution < -0.4 is 0 Å². The molecular weight excluding hydrogens is 316 g/mol. The molecular formula is C24H18Si. The fourth-order valence-electron chi connectivity index (χ4n) is 4.00. The van der Waals surface area contributed by atoms with E-state index in [0.29, 0.717) is 0 Å². The highest BCUT2D eigenvalue weighted by atomic mass is 28.2. The largest absolute Gasteiger partial charge is 0.0851 e. The number of fused-ring (bicyclic) bond motifs is 3. The van der Waals surface area contributed by atoms with Gasteiger partial charge in [0.15, 0.2) is 0 Å². The summed E-state index contributed by atoms with van der Waals surface area (Å²) in [6, 6.07) is 35.6. The van der Waals surface area contributed by atoms with Gasteiger partial charge in [0.1, 0.15) is 0 Å². The summed E-state index contributed by atoms with van der Waals surface area (Å²) in [6.07, 6.45) is 1.09. The second-order valence-corrected chi connectivity index (χ2v) is 9.05. The van der Waals surface area contributed by atoms with Crippen molar-refractivity contribution in [3.8, 4) is 27.1 Å². The van der Waals surface area contributed by atoms with Gasteiger partial charge in [-0.3, -0.25) is 0 Å². The van der Waals surface area contributed by atoms with Crippen LogP contribution in [0.3, 0.4) is 0 Å². The molecule has 1 aromatic heterocycles. The molecule has 3 aromatic carbocycles. The summed E-state index contributed by atoms with van der Waals surface area (Å²) in [5.41, 5.74) is 5.73. The minimum Gasteiger partial charge on any atom is -0.0623 e. The predicted molar refractivity (Wildman–Crippen MR) is 107 cm³/mol. The number of hydrogen-bond donors (Lipinski definition) is 0. The third-order valence-electron chi connectivity index (χ3n) is 5.13. The Balaban J connectivity index is 1.82. The molecule has 0 fully saturated rings. The average molecular weight is 334 g/mol. The van der Waals surface area contributed by atoms with Gasteiger partial charge in [-0.15, -0.1) is 0 Å². The van der Waals surface area contributed by atoms with E-state index in [0.717, 1.165) is 6.42 Å². The van der Waals surface area contributed by atoms with Gasteiger partial charge in [0.05, 0.1) is 8.40 Å². The van der Waals surface area contributed by atoms with Crippen molar-refractivity contribution < 1.29 is 0 Å². The summed E-state index contributed by atoms with van der Waals surface area (Å²) in [4.78, 5) is 0. The lowest BCUT2D eigenvalue weighted by Crippen LogP contribution is -2.08. The Labute approximate surface area is 150 Å². The molecule has 0 amide bonds. The molecule has 4 aromatic rings. The summed E-state index contributed by atoms with van der Waals surface area (Å²) in [6.45, 7) is 0. The van der Waals surface area contributed by atoms with Gasteiger partial charge in [0, 0.05) is 0 Å². The van der Waals surface area contributed by atoms with Crippen molar-refractivity contribution in [2.24, 2.45) is 0 Å². The number of rotatable bonds is 2. The van der Waals surface area contributed by atoms with Crippen LogP contribution in [0.25, 0.3) is 27.1 Å². The van der Waals surface area contributed by atoms with Crippen molar-refractivity contribution in [1.29, 1.82) is 0 Å². The summed E-state index contributed by atoms with van der Waals surface area (Å²) in [5.74, 6) is 0. The highest BCUT2D eigenvalue weighted by Gasteiger charge is 2.24. The third-order valence-corrected chi connectivity index (χ3v) is 8.09. The summed E-state index contributed by atoms with van der Waals surface area (Å²) >= 11 is 0. The van der Waals surface area contributed by atoms with Crippen LogP contribution in [0.4, 0.5) is 0 Å². The Hall–Kier alpha value is -2.77. The zero-order chi connectivity index (χ0) is 16.6. The fraction of sp³-hybridized carbons (Fsp3) is 0.0417. The van der Waals surface area contributed by atoms with Crippen LogP contribution >= 0.6 is 0 Å². The van der Waals surface area contributed by atoms with Crippen molar-refractivity contribution in [2.45, 2.75) is 6.42 Å². The minimum atomic E-state index is -0.949. The molecule has 1 aliphatic carbocycles. The van der Waals surface area contributed by atoms with Gasteiger partial charge < -0.3 is 0 Å². The van der Waals surface area contributed by atoms with E-state index in [-0.39, 0.29) is 0 Å². The third kappa shape index (κ3) is 2.40. The van der Waals surface area contributed by atoms with Gasteiger partial charge in [-0.05, 0) is 44.2 Å². The first-order chi connectivity index (χ1) is 12.4. The second kappa shape index (κ2) is 5.94. The maximum absolute atomic E-state index is 2.37. The molecule has 0 atom stereocenters. The van der Waals surface area contributed by atoms with E-state index in [1.165, 1.54) is 32.6 Å². The predicted octanol–water partition coefficient (Wildman–Crippen LogP) is 5.94. The fourth-order valence-corrected chi connectivity index (χ4v) is 7.07. The van der Waals surface area contributed by atoms with Crippen LogP contribution in [-0.2, 0) is 6.42 Å². The lowest BCUT2D eigenvalue weighted by atomic mass is 10.1. The van der Waals surface area contributed by atoms with Crippen molar-refractivity contribution in [1.82, 2.24) is 0 Å². The molecule has 0 radical (unpaired) electrons.